The molecular formula is C14H20N4S. The number of likely N-dealkylation sites (tertiary alicyclic amines) is 1. The molecule has 1 saturated heterocycles. The predicted molar refractivity (Wildman–Crippen MR) is 79.9 cm³/mol. The Labute approximate surface area is 118 Å². The van der Waals surface area contributed by atoms with Gasteiger partial charge in [0.25, 0.3) is 0 Å². The Kier molecular flexibility index (Phi) is 3.41. The lowest BCUT2D eigenvalue weighted by atomic mass is 10.2. The van der Waals surface area contributed by atoms with Crippen LogP contribution in [0.3, 0.4) is 0 Å². The second-order valence-corrected chi connectivity index (χ2v) is 5.74. The number of hydrogen-bond donors (Lipinski definition) is 1. The molecule has 2 aromatic heterocycles. The van der Waals surface area contributed by atoms with E-state index in [1.807, 2.05) is 6.20 Å². The third-order valence-corrected chi connectivity index (χ3v) is 4.37. The number of hydrogen-bond acceptors (Lipinski definition) is 3. The number of fused-ring (bicyclic) bond motifs is 1. The largest absolute Gasteiger partial charge is 0.329 e. The SMILES string of the molecule is CCN1CCCC1Cn1c(=S)[nH]c2cc(C)cnc21. The fraction of sp³-hybridized carbons (Fsp3) is 0.571. The molecule has 0 amide bonds. The molecule has 0 radical (unpaired) electrons. The van der Waals surface area contributed by atoms with Crippen molar-refractivity contribution in [2.45, 2.75) is 39.3 Å². The van der Waals surface area contributed by atoms with Gasteiger partial charge in [-0.3, -0.25) is 9.47 Å². The minimum Gasteiger partial charge on any atom is -0.329 e. The third-order valence-electron chi connectivity index (χ3n) is 4.04. The van der Waals surface area contributed by atoms with E-state index in [0.717, 1.165) is 34.6 Å². The average molecular weight is 276 g/mol. The van der Waals surface area contributed by atoms with Gasteiger partial charge in [0, 0.05) is 18.8 Å². The van der Waals surface area contributed by atoms with Crippen LogP contribution in [0.15, 0.2) is 12.3 Å². The van der Waals surface area contributed by atoms with E-state index in [0.29, 0.717) is 6.04 Å². The van der Waals surface area contributed by atoms with Gasteiger partial charge in [0.05, 0.1) is 5.52 Å². The Hall–Kier alpha value is -1.20. The molecule has 0 aliphatic carbocycles. The van der Waals surface area contributed by atoms with Gasteiger partial charge in [0.1, 0.15) is 0 Å². The number of likely N-dealkylation sites (N-methyl/N-ethyl adjacent to an activating group) is 1. The molecule has 0 aromatic carbocycles. The smallest absolute Gasteiger partial charge is 0.179 e. The first-order chi connectivity index (χ1) is 9.19. The first-order valence-electron chi connectivity index (χ1n) is 6.98. The van der Waals surface area contributed by atoms with Gasteiger partial charge in [0.2, 0.25) is 0 Å². The summed E-state index contributed by atoms with van der Waals surface area (Å²) >= 11 is 5.45. The van der Waals surface area contributed by atoms with Crippen molar-refractivity contribution in [3.8, 4) is 0 Å². The fourth-order valence-corrected chi connectivity index (χ4v) is 3.32. The van der Waals surface area contributed by atoms with Crippen molar-refractivity contribution in [2.24, 2.45) is 0 Å². The highest BCUT2D eigenvalue weighted by Crippen LogP contribution is 2.21. The highest BCUT2D eigenvalue weighted by atomic mass is 32.1. The van der Waals surface area contributed by atoms with E-state index in [1.54, 1.807) is 0 Å². The number of rotatable bonds is 3. The van der Waals surface area contributed by atoms with Crippen molar-refractivity contribution in [1.29, 1.82) is 0 Å². The highest BCUT2D eigenvalue weighted by molar-refractivity contribution is 7.71. The number of nitrogens with one attached hydrogen (secondary N) is 1. The molecule has 1 atom stereocenters. The molecule has 0 spiro atoms. The van der Waals surface area contributed by atoms with Gasteiger partial charge < -0.3 is 4.98 Å². The van der Waals surface area contributed by atoms with Gasteiger partial charge in [-0.1, -0.05) is 6.92 Å². The number of aryl methyl sites for hydroxylation is 1. The van der Waals surface area contributed by atoms with Crippen molar-refractivity contribution >= 4 is 23.4 Å². The molecule has 5 heteroatoms. The van der Waals surface area contributed by atoms with E-state index >= 15 is 0 Å². The molecule has 3 heterocycles. The Morgan fingerprint density at radius 1 is 1.53 bits per heavy atom. The lowest BCUT2D eigenvalue weighted by Gasteiger charge is -2.23. The lowest BCUT2D eigenvalue weighted by Crippen LogP contribution is -2.32. The summed E-state index contributed by atoms with van der Waals surface area (Å²) in [6.07, 6.45) is 4.46. The van der Waals surface area contributed by atoms with Crippen LogP contribution in [0.5, 0.6) is 0 Å². The van der Waals surface area contributed by atoms with E-state index in [2.05, 4.69) is 39.3 Å². The molecule has 102 valence electrons. The molecule has 1 N–H and O–H groups in total. The van der Waals surface area contributed by atoms with Crippen LogP contribution in [-0.2, 0) is 6.54 Å². The molecule has 1 aliphatic heterocycles. The second-order valence-electron chi connectivity index (χ2n) is 5.35. The first-order valence-corrected chi connectivity index (χ1v) is 7.39. The fourth-order valence-electron chi connectivity index (χ4n) is 3.05. The maximum Gasteiger partial charge on any atom is 0.179 e. The van der Waals surface area contributed by atoms with E-state index < -0.39 is 0 Å². The van der Waals surface area contributed by atoms with Crippen molar-refractivity contribution in [1.82, 2.24) is 19.4 Å². The van der Waals surface area contributed by atoms with E-state index in [4.69, 9.17) is 12.2 Å². The molecule has 1 unspecified atom stereocenters. The summed E-state index contributed by atoms with van der Waals surface area (Å²) in [5.74, 6) is 0. The average Bonchev–Trinajstić information content (AvgIpc) is 2.95. The molecule has 3 rings (SSSR count). The van der Waals surface area contributed by atoms with Crippen molar-refractivity contribution in [3.63, 3.8) is 0 Å². The summed E-state index contributed by atoms with van der Waals surface area (Å²) in [5, 5.41) is 0. The number of imidazole rings is 1. The number of nitrogens with zero attached hydrogens (tertiary/aromatic N) is 3. The van der Waals surface area contributed by atoms with Crippen molar-refractivity contribution < 1.29 is 0 Å². The third kappa shape index (κ3) is 2.32. The predicted octanol–water partition coefficient (Wildman–Crippen LogP) is 2.89. The summed E-state index contributed by atoms with van der Waals surface area (Å²) in [5.41, 5.74) is 3.19. The molecule has 1 fully saturated rings. The number of aromatic nitrogens is 3. The molecule has 4 nitrogen and oxygen atoms in total. The molecule has 0 saturated carbocycles. The summed E-state index contributed by atoms with van der Waals surface area (Å²) < 4.78 is 2.94. The maximum absolute atomic E-state index is 5.45. The lowest BCUT2D eigenvalue weighted by molar-refractivity contribution is 0.245. The Balaban J connectivity index is 1.96. The van der Waals surface area contributed by atoms with Crippen LogP contribution in [0.1, 0.15) is 25.3 Å². The molecule has 1 aliphatic rings. The van der Waals surface area contributed by atoms with Crippen LogP contribution < -0.4 is 0 Å². The molecule has 2 aromatic rings. The van der Waals surface area contributed by atoms with E-state index in [1.165, 1.54) is 19.4 Å². The second kappa shape index (κ2) is 5.06. The Morgan fingerprint density at radius 2 is 2.37 bits per heavy atom. The maximum atomic E-state index is 5.45. The van der Waals surface area contributed by atoms with Crippen LogP contribution in [0.25, 0.3) is 11.2 Å². The molecular weight excluding hydrogens is 256 g/mol. The van der Waals surface area contributed by atoms with Gasteiger partial charge in [-0.05, 0) is 56.7 Å². The van der Waals surface area contributed by atoms with Crippen LogP contribution in [0.4, 0.5) is 0 Å². The van der Waals surface area contributed by atoms with E-state index in [-0.39, 0.29) is 0 Å². The zero-order valence-corrected chi connectivity index (χ0v) is 12.3. The van der Waals surface area contributed by atoms with Gasteiger partial charge in [-0.2, -0.15) is 0 Å². The van der Waals surface area contributed by atoms with Gasteiger partial charge in [-0.25, -0.2) is 4.98 Å². The quantitative estimate of drug-likeness (QED) is 0.876. The van der Waals surface area contributed by atoms with Crippen LogP contribution >= 0.6 is 12.2 Å². The zero-order valence-electron chi connectivity index (χ0n) is 11.5. The van der Waals surface area contributed by atoms with Gasteiger partial charge in [-0.15, -0.1) is 0 Å². The minimum absolute atomic E-state index is 0.596. The van der Waals surface area contributed by atoms with Crippen molar-refractivity contribution in [2.75, 3.05) is 13.1 Å². The minimum atomic E-state index is 0.596. The summed E-state index contributed by atoms with van der Waals surface area (Å²) in [7, 11) is 0. The topological polar surface area (TPSA) is 36.9 Å². The normalized spacial score (nSPS) is 20.4. The van der Waals surface area contributed by atoms with Crippen LogP contribution in [0, 0.1) is 11.7 Å². The highest BCUT2D eigenvalue weighted by Gasteiger charge is 2.24. The van der Waals surface area contributed by atoms with Gasteiger partial charge in [0.15, 0.2) is 10.4 Å². The van der Waals surface area contributed by atoms with E-state index in [9.17, 15) is 0 Å². The molecule has 19 heavy (non-hydrogen) atoms. The monoisotopic (exact) mass is 276 g/mol. The van der Waals surface area contributed by atoms with Crippen LogP contribution in [0.2, 0.25) is 0 Å². The Morgan fingerprint density at radius 3 is 3.16 bits per heavy atom. The van der Waals surface area contributed by atoms with Crippen molar-refractivity contribution in [3.05, 3.63) is 22.6 Å². The summed E-state index contributed by atoms with van der Waals surface area (Å²) in [6.45, 7) is 7.56. The Bertz CT molecular complexity index is 642. The number of pyridine rings is 1. The van der Waals surface area contributed by atoms with Gasteiger partial charge >= 0.3 is 0 Å². The summed E-state index contributed by atoms with van der Waals surface area (Å²) in [6, 6.07) is 2.71. The zero-order chi connectivity index (χ0) is 13.4. The molecule has 0 bridgehead atoms. The standard InChI is InChI=1S/C14H20N4S/c1-3-17-6-4-5-11(17)9-18-13-12(16-14(18)19)7-10(2)8-15-13/h7-8,11H,3-6,9H2,1-2H3,(H,16,19). The summed E-state index contributed by atoms with van der Waals surface area (Å²) in [4.78, 5) is 10.3. The van der Waals surface area contributed by atoms with Crippen LogP contribution in [-0.4, -0.2) is 38.6 Å². The first kappa shape index (κ1) is 12.8. The number of aromatic amines is 1. The number of H-pyrrole nitrogens is 1.